The van der Waals surface area contributed by atoms with Crippen LogP contribution in [0.3, 0.4) is 0 Å². The van der Waals surface area contributed by atoms with Gasteiger partial charge in [0.15, 0.2) is 0 Å². The smallest absolute Gasteiger partial charge is 0.228 e. The molecule has 2 aliphatic carbocycles. The van der Waals surface area contributed by atoms with Crippen molar-refractivity contribution in [3.05, 3.63) is 53.4 Å². The van der Waals surface area contributed by atoms with Gasteiger partial charge in [-0.3, -0.25) is 4.79 Å². The van der Waals surface area contributed by atoms with E-state index in [4.69, 9.17) is 0 Å². The Morgan fingerprint density at radius 3 is 2.67 bits per heavy atom. The lowest BCUT2D eigenvalue weighted by Crippen LogP contribution is -2.38. The van der Waals surface area contributed by atoms with Gasteiger partial charge in [-0.05, 0) is 49.8 Å². The lowest BCUT2D eigenvalue weighted by atomic mass is 9.95. The van der Waals surface area contributed by atoms with Gasteiger partial charge in [-0.15, -0.1) is 0 Å². The molecule has 1 aliphatic heterocycles. The molecule has 0 spiro atoms. The molecule has 1 amide bonds. The van der Waals surface area contributed by atoms with Crippen LogP contribution in [0.5, 0.6) is 0 Å². The Kier molecular flexibility index (Phi) is 5.33. The maximum absolute atomic E-state index is 13.2. The average Bonchev–Trinajstić information content (AvgIpc) is 3.15. The number of benzene rings is 1. The van der Waals surface area contributed by atoms with Crippen LogP contribution in [0, 0.1) is 11.7 Å². The predicted molar refractivity (Wildman–Crippen MR) is 110 cm³/mol. The number of hydrogen-bond acceptors (Lipinski definition) is 4. The van der Waals surface area contributed by atoms with E-state index in [0.29, 0.717) is 18.9 Å². The molecule has 2 aromatic rings. The van der Waals surface area contributed by atoms with Crippen molar-refractivity contribution < 1.29 is 14.3 Å². The Bertz CT molecular complexity index is 889. The second-order valence-electron chi connectivity index (χ2n) is 9.00. The lowest BCUT2D eigenvalue weighted by molar-refractivity contribution is -0.137. The summed E-state index contributed by atoms with van der Waals surface area (Å²) in [4.78, 5) is 22.9. The van der Waals surface area contributed by atoms with Crippen molar-refractivity contribution in [2.24, 2.45) is 5.92 Å². The molecule has 3 N–H and O–H groups in total. The summed E-state index contributed by atoms with van der Waals surface area (Å²) in [7, 11) is 0. The fraction of sp³-hybridized carbons (Fsp3) is 0.565. The maximum Gasteiger partial charge on any atom is 0.228 e. The number of nitrogens with zero attached hydrogens (tertiary/aromatic N) is 2. The number of aliphatic hydroxyl groups is 1. The Morgan fingerprint density at radius 1 is 1.23 bits per heavy atom. The number of aromatic nitrogens is 2. The minimum Gasteiger partial charge on any atom is -0.392 e. The third kappa shape index (κ3) is 3.88. The number of aromatic amines is 1. The number of carbonyl (C=O) groups is 1. The molecule has 4 atom stereocenters. The number of halogens is 1. The number of rotatable bonds is 6. The maximum atomic E-state index is 13.2. The van der Waals surface area contributed by atoms with E-state index in [2.05, 4.69) is 15.3 Å². The summed E-state index contributed by atoms with van der Waals surface area (Å²) in [6, 6.07) is 6.37. The van der Waals surface area contributed by atoms with Crippen LogP contribution >= 0.6 is 0 Å². The minimum absolute atomic E-state index is 0.0610. The number of hydrogen-bond donors (Lipinski definition) is 3. The van der Waals surface area contributed by atoms with Crippen molar-refractivity contribution in [1.29, 1.82) is 0 Å². The highest BCUT2D eigenvalue weighted by Crippen LogP contribution is 2.42. The van der Waals surface area contributed by atoms with E-state index >= 15 is 0 Å². The number of imidazole rings is 1. The average molecular weight is 413 g/mol. The summed E-state index contributed by atoms with van der Waals surface area (Å²) in [6.07, 6.45) is 6.05. The highest BCUT2D eigenvalue weighted by Gasteiger charge is 2.48. The van der Waals surface area contributed by atoms with Crippen molar-refractivity contribution in [1.82, 2.24) is 20.2 Å². The second kappa shape index (κ2) is 8.12. The van der Waals surface area contributed by atoms with Gasteiger partial charge < -0.3 is 20.3 Å². The van der Waals surface area contributed by atoms with E-state index in [9.17, 15) is 14.3 Å². The van der Waals surface area contributed by atoms with Crippen molar-refractivity contribution in [3.63, 3.8) is 0 Å². The molecule has 3 aliphatic rings. The van der Waals surface area contributed by atoms with Gasteiger partial charge in [-0.2, -0.15) is 0 Å². The fourth-order valence-electron chi connectivity index (χ4n) is 5.01. The molecule has 0 unspecified atom stereocenters. The van der Waals surface area contributed by atoms with Crippen molar-refractivity contribution in [2.45, 2.75) is 62.6 Å². The van der Waals surface area contributed by atoms with E-state index in [1.54, 1.807) is 12.1 Å². The van der Waals surface area contributed by atoms with Crippen LogP contribution in [-0.2, 0) is 11.3 Å². The summed E-state index contributed by atoms with van der Waals surface area (Å²) in [5.41, 5.74) is 1.87. The van der Waals surface area contributed by atoms with Gasteiger partial charge in [0.05, 0.1) is 12.0 Å². The van der Waals surface area contributed by atoms with Crippen molar-refractivity contribution in [3.8, 4) is 0 Å². The highest BCUT2D eigenvalue weighted by molar-refractivity contribution is 5.80. The van der Waals surface area contributed by atoms with E-state index < -0.39 is 12.0 Å². The first kappa shape index (κ1) is 19.7. The number of likely N-dealkylation sites (tertiary alicyclic amines) is 1. The normalized spacial score (nSPS) is 28.9. The summed E-state index contributed by atoms with van der Waals surface area (Å²) < 4.78 is 13.2. The molecule has 5 rings (SSSR count). The second-order valence-corrected chi connectivity index (χ2v) is 9.00. The number of amides is 1. The van der Waals surface area contributed by atoms with E-state index in [0.717, 1.165) is 55.9 Å². The van der Waals surface area contributed by atoms with E-state index in [-0.39, 0.29) is 23.7 Å². The largest absolute Gasteiger partial charge is 0.392 e. The summed E-state index contributed by atoms with van der Waals surface area (Å²) >= 11 is 0. The van der Waals surface area contributed by atoms with Gasteiger partial charge in [0.25, 0.3) is 0 Å². The third-order valence-electron chi connectivity index (χ3n) is 6.88. The molecule has 2 heterocycles. The molecule has 2 saturated carbocycles. The molecule has 6 nitrogen and oxygen atoms in total. The standard InChI is InChI=1S/C23H29FN4O2/c24-16-7-3-14(4-8-16)12-25-18-11-17(23(30)28-9-1-2-10-28)21(29)20(18)19-13-26-22(27-19)15-5-6-15/h3-4,7-8,13,15,17-18,20-21,25,29H,1-2,5-6,9-12H2,(H,26,27)/t17-,18+,20+,21+/m0/s1. The molecule has 0 bridgehead atoms. The zero-order valence-electron chi connectivity index (χ0n) is 17.1. The van der Waals surface area contributed by atoms with Crippen LogP contribution in [0.1, 0.15) is 61.0 Å². The van der Waals surface area contributed by atoms with Crippen LogP contribution in [0.4, 0.5) is 4.39 Å². The Hall–Kier alpha value is -2.25. The van der Waals surface area contributed by atoms with Gasteiger partial charge in [-0.1, -0.05) is 12.1 Å². The number of H-pyrrole nitrogens is 1. The van der Waals surface area contributed by atoms with Gasteiger partial charge >= 0.3 is 0 Å². The lowest BCUT2D eigenvalue weighted by Gasteiger charge is -2.24. The summed E-state index contributed by atoms with van der Waals surface area (Å²) in [6.45, 7) is 2.13. The van der Waals surface area contributed by atoms with E-state index in [1.165, 1.54) is 12.1 Å². The first-order valence-corrected chi connectivity index (χ1v) is 11.1. The predicted octanol–water partition coefficient (Wildman–Crippen LogP) is 2.67. The molecule has 30 heavy (non-hydrogen) atoms. The van der Waals surface area contributed by atoms with Crippen molar-refractivity contribution >= 4 is 5.91 Å². The highest BCUT2D eigenvalue weighted by atomic mass is 19.1. The fourth-order valence-corrected chi connectivity index (χ4v) is 5.01. The molecule has 3 fully saturated rings. The number of nitrogens with one attached hydrogen (secondary N) is 2. The van der Waals surface area contributed by atoms with Gasteiger partial charge in [0.1, 0.15) is 11.6 Å². The first-order chi connectivity index (χ1) is 14.6. The molecule has 160 valence electrons. The molecular formula is C23H29FN4O2. The third-order valence-corrected chi connectivity index (χ3v) is 6.88. The van der Waals surface area contributed by atoms with Crippen LogP contribution in [0.25, 0.3) is 0 Å². The van der Waals surface area contributed by atoms with Crippen LogP contribution in [0.2, 0.25) is 0 Å². The first-order valence-electron chi connectivity index (χ1n) is 11.1. The van der Waals surface area contributed by atoms with E-state index in [1.807, 2.05) is 11.1 Å². The van der Waals surface area contributed by atoms with Crippen molar-refractivity contribution in [2.75, 3.05) is 13.1 Å². The molecule has 7 heteroatoms. The van der Waals surface area contributed by atoms with Crippen LogP contribution in [0.15, 0.2) is 30.5 Å². The topological polar surface area (TPSA) is 81.2 Å². The molecule has 1 aromatic carbocycles. The number of aliphatic hydroxyl groups excluding tert-OH is 1. The SMILES string of the molecule is O=C([C@H]1C[C@@H](NCc2ccc(F)cc2)[C@H](c2cnc(C3CC3)[nH]2)[C@@H]1O)N1CCCC1. The van der Waals surface area contributed by atoms with Gasteiger partial charge in [0, 0.05) is 49.4 Å². The monoisotopic (exact) mass is 412 g/mol. The summed E-state index contributed by atoms with van der Waals surface area (Å²) in [5, 5.41) is 14.7. The van der Waals surface area contributed by atoms with Crippen LogP contribution in [-0.4, -0.2) is 51.1 Å². The van der Waals surface area contributed by atoms with Crippen LogP contribution < -0.4 is 5.32 Å². The molecule has 1 aromatic heterocycles. The zero-order valence-corrected chi connectivity index (χ0v) is 17.1. The molecular weight excluding hydrogens is 383 g/mol. The van der Waals surface area contributed by atoms with Gasteiger partial charge in [-0.25, -0.2) is 9.37 Å². The minimum atomic E-state index is -0.753. The zero-order chi connectivity index (χ0) is 20.7. The molecule has 0 radical (unpaired) electrons. The Morgan fingerprint density at radius 2 is 1.97 bits per heavy atom. The Balaban J connectivity index is 1.36. The molecule has 1 saturated heterocycles. The van der Waals surface area contributed by atoms with Gasteiger partial charge in [0.2, 0.25) is 5.91 Å². The quantitative estimate of drug-likeness (QED) is 0.681. The summed E-state index contributed by atoms with van der Waals surface area (Å²) in [5.74, 6) is 0.675. The Labute approximate surface area is 175 Å². The number of carbonyl (C=O) groups excluding carboxylic acids is 1.